The molecule has 3 heteroatoms. The summed E-state index contributed by atoms with van der Waals surface area (Å²) in [6, 6.07) is 12.4. The van der Waals surface area contributed by atoms with Gasteiger partial charge in [-0.25, -0.2) is 9.67 Å². The molecule has 3 aromatic rings. The second kappa shape index (κ2) is 4.01. The first-order chi connectivity index (χ1) is 8.40. The van der Waals surface area contributed by atoms with Gasteiger partial charge in [0.1, 0.15) is 0 Å². The molecule has 17 heavy (non-hydrogen) atoms. The van der Waals surface area contributed by atoms with E-state index in [1.165, 1.54) is 11.1 Å². The van der Waals surface area contributed by atoms with Crippen LogP contribution in [-0.4, -0.2) is 14.8 Å². The van der Waals surface area contributed by atoms with Crippen molar-refractivity contribution in [3.63, 3.8) is 0 Å². The fraction of sp³-hybridized carbons (Fsp3) is 0.143. The Morgan fingerprint density at radius 1 is 1.12 bits per heavy atom. The van der Waals surface area contributed by atoms with Crippen molar-refractivity contribution in [1.82, 2.24) is 14.8 Å². The molecule has 3 nitrogen and oxygen atoms in total. The second-order valence-electron chi connectivity index (χ2n) is 3.92. The molecule has 0 spiro atoms. The number of pyridine rings is 1. The van der Waals surface area contributed by atoms with Gasteiger partial charge in [0.25, 0.3) is 0 Å². The minimum atomic E-state index is 0.842. The molecule has 0 aliphatic heterocycles. The second-order valence-corrected chi connectivity index (χ2v) is 3.92. The normalized spacial score (nSPS) is 10.9. The third kappa shape index (κ3) is 1.60. The maximum absolute atomic E-state index is 4.40. The molecular weight excluding hydrogens is 210 g/mol. The van der Waals surface area contributed by atoms with Crippen molar-refractivity contribution in [3.05, 3.63) is 48.8 Å². The van der Waals surface area contributed by atoms with E-state index in [0.29, 0.717) is 0 Å². The Morgan fingerprint density at radius 2 is 1.94 bits per heavy atom. The van der Waals surface area contributed by atoms with Gasteiger partial charge in [-0.2, -0.15) is 5.10 Å². The maximum Gasteiger partial charge on any atom is 0.158 e. The van der Waals surface area contributed by atoms with Crippen LogP contribution in [0, 0.1) is 0 Å². The van der Waals surface area contributed by atoms with Gasteiger partial charge < -0.3 is 0 Å². The molecule has 0 atom stereocenters. The number of fused-ring (bicyclic) bond motifs is 1. The molecule has 0 amide bonds. The van der Waals surface area contributed by atoms with Crippen molar-refractivity contribution < 1.29 is 0 Å². The summed E-state index contributed by atoms with van der Waals surface area (Å²) in [6.45, 7) is 2.91. The quantitative estimate of drug-likeness (QED) is 0.668. The van der Waals surface area contributed by atoms with Crippen molar-refractivity contribution in [2.75, 3.05) is 0 Å². The first-order valence-electron chi connectivity index (χ1n) is 5.76. The monoisotopic (exact) mass is 223 g/mol. The molecule has 0 aliphatic rings. The van der Waals surface area contributed by atoms with Crippen LogP contribution < -0.4 is 0 Å². The van der Waals surface area contributed by atoms with E-state index in [4.69, 9.17) is 0 Å². The van der Waals surface area contributed by atoms with E-state index in [9.17, 15) is 0 Å². The Balaban J connectivity index is 2.28. The highest BCUT2D eigenvalue weighted by atomic mass is 15.3. The molecule has 0 fully saturated rings. The van der Waals surface area contributed by atoms with Gasteiger partial charge in [0.15, 0.2) is 5.65 Å². The number of rotatable bonds is 2. The van der Waals surface area contributed by atoms with E-state index in [1.807, 2.05) is 41.3 Å². The molecular formula is C14H13N3. The lowest BCUT2D eigenvalue weighted by atomic mass is 10.0. The molecule has 0 saturated heterocycles. The van der Waals surface area contributed by atoms with E-state index in [-0.39, 0.29) is 0 Å². The summed E-state index contributed by atoms with van der Waals surface area (Å²) in [5, 5.41) is 5.47. The van der Waals surface area contributed by atoms with Crippen molar-refractivity contribution >= 4 is 11.0 Å². The molecule has 0 aliphatic carbocycles. The summed E-state index contributed by atoms with van der Waals surface area (Å²) in [5.74, 6) is 0. The van der Waals surface area contributed by atoms with Crippen LogP contribution in [0.4, 0.5) is 0 Å². The molecule has 1 aromatic carbocycles. The Hall–Kier alpha value is -2.16. The van der Waals surface area contributed by atoms with Gasteiger partial charge in [0.05, 0.1) is 6.20 Å². The predicted molar refractivity (Wildman–Crippen MR) is 68.6 cm³/mol. The van der Waals surface area contributed by atoms with Crippen LogP contribution in [-0.2, 0) is 6.54 Å². The first-order valence-corrected chi connectivity index (χ1v) is 5.76. The number of aromatic nitrogens is 3. The molecule has 0 unspecified atom stereocenters. The van der Waals surface area contributed by atoms with Crippen LogP contribution in [0.15, 0.2) is 48.8 Å². The fourth-order valence-corrected chi connectivity index (χ4v) is 2.08. The van der Waals surface area contributed by atoms with Crippen LogP contribution in [0.3, 0.4) is 0 Å². The highest BCUT2D eigenvalue weighted by Crippen LogP contribution is 2.26. The molecule has 0 bridgehead atoms. The average Bonchev–Trinajstić information content (AvgIpc) is 2.82. The topological polar surface area (TPSA) is 30.7 Å². The number of hydrogen-bond donors (Lipinski definition) is 0. The summed E-state index contributed by atoms with van der Waals surface area (Å²) in [5.41, 5.74) is 3.35. The Labute approximate surface area is 99.7 Å². The summed E-state index contributed by atoms with van der Waals surface area (Å²) >= 11 is 0. The minimum Gasteiger partial charge on any atom is -0.248 e. The van der Waals surface area contributed by atoms with Crippen molar-refractivity contribution in [1.29, 1.82) is 0 Å². The number of hydrogen-bond acceptors (Lipinski definition) is 2. The Bertz CT molecular complexity index is 641. The standard InChI is InChI=1S/C14H13N3/c1-2-17-14-13(10-16-17)12(8-9-15-14)11-6-4-3-5-7-11/h3-10H,2H2,1H3. The fourth-order valence-electron chi connectivity index (χ4n) is 2.08. The minimum absolute atomic E-state index is 0.842. The van der Waals surface area contributed by atoms with Crippen LogP contribution in [0.1, 0.15) is 6.92 Å². The zero-order valence-electron chi connectivity index (χ0n) is 9.67. The average molecular weight is 223 g/mol. The van der Waals surface area contributed by atoms with E-state index < -0.39 is 0 Å². The van der Waals surface area contributed by atoms with E-state index in [2.05, 4.69) is 29.1 Å². The van der Waals surface area contributed by atoms with Gasteiger partial charge in [0.2, 0.25) is 0 Å². The smallest absolute Gasteiger partial charge is 0.158 e. The number of benzene rings is 1. The third-order valence-electron chi connectivity index (χ3n) is 2.92. The van der Waals surface area contributed by atoms with E-state index in [0.717, 1.165) is 17.6 Å². The highest BCUT2D eigenvalue weighted by molar-refractivity contribution is 5.92. The molecule has 0 saturated carbocycles. The molecule has 0 N–H and O–H groups in total. The van der Waals surface area contributed by atoms with Gasteiger partial charge in [-0.05, 0) is 24.1 Å². The summed E-state index contributed by atoms with van der Waals surface area (Å²) in [6.07, 6.45) is 3.74. The number of nitrogens with zero attached hydrogens (tertiary/aromatic N) is 3. The number of aryl methyl sites for hydroxylation is 1. The molecule has 0 radical (unpaired) electrons. The SMILES string of the molecule is CCn1ncc2c(-c3ccccc3)ccnc21. The molecule has 2 heterocycles. The van der Waals surface area contributed by atoms with Gasteiger partial charge >= 0.3 is 0 Å². The molecule has 3 rings (SSSR count). The van der Waals surface area contributed by atoms with Crippen molar-refractivity contribution in [2.24, 2.45) is 0 Å². The summed E-state index contributed by atoms with van der Waals surface area (Å²) < 4.78 is 1.92. The van der Waals surface area contributed by atoms with E-state index in [1.54, 1.807) is 0 Å². The van der Waals surface area contributed by atoms with Crippen molar-refractivity contribution in [3.8, 4) is 11.1 Å². The predicted octanol–water partition coefficient (Wildman–Crippen LogP) is 3.12. The summed E-state index contributed by atoms with van der Waals surface area (Å²) in [4.78, 5) is 4.40. The van der Waals surface area contributed by atoms with Crippen LogP contribution >= 0.6 is 0 Å². The summed E-state index contributed by atoms with van der Waals surface area (Å²) in [7, 11) is 0. The lowest BCUT2D eigenvalue weighted by molar-refractivity contribution is 0.677. The lowest BCUT2D eigenvalue weighted by Gasteiger charge is -2.03. The zero-order chi connectivity index (χ0) is 11.7. The van der Waals surface area contributed by atoms with Crippen molar-refractivity contribution in [2.45, 2.75) is 13.5 Å². The van der Waals surface area contributed by atoms with Gasteiger partial charge in [-0.1, -0.05) is 30.3 Å². The van der Waals surface area contributed by atoms with E-state index >= 15 is 0 Å². The van der Waals surface area contributed by atoms with Crippen LogP contribution in [0.5, 0.6) is 0 Å². The Kier molecular flexibility index (Phi) is 2.37. The third-order valence-corrected chi connectivity index (χ3v) is 2.92. The van der Waals surface area contributed by atoms with Gasteiger partial charge in [-0.15, -0.1) is 0 Å². The van der Waals surface area contributed by atoms with Gasteiger partial charge in [-0.3, -0.25) is 0 Å². The first kappa shape index (κ1) is 10.0. The zero-order valence-corrected chi connectivity index (χ0v) is 9.67. The van der Waals surface area contributed by atoms with Gasteiger partial charge in [0, 0.05) is 18.1 Å². The lowest BCUT2D eigenvalue weighted by Crippen LogP contribution is -1.96. The van der Waals surface area contributed by atoms with Crippen LogP contribution in [0.2, 0.25) is 0 Å². The Morgan fingerprint density at radius 3 is 2.71 bits per heavy atom. The highest BCUT2D eigenvalue weighted by Gasteiger charge is 2.08. The molecule has 2 aromatic heterocycles. The largest absolute Gasteiger partial charge is 0.248 e. The molecule has 84 valence electrons. The van der Waals surface area contributed by atoms with Crippen LogP contribution in [0.25, 0.3) is 22.2 Å². The maximum atomic E-state index is 4.40.